The number of fused-ring (bicyclic) bond motifs is 1. The van der Waals surface area contributed by atoms with Crippen molar-refractivity contribution in [2.24, 2.45) is 0 Å². The topological polar surface area (TPSA) is 60.3 Å². The fraction of sp³-hybridized carbons (Fsp3) is 0.250. The molecule has 17 heavy (non-hydrogen) atoms. The highest BCUT2D eigenvalue weighted by Crippen LogP contribution is 2.20. The highest BCUT2D eigenvalue weighted by Gasteiger charge is 2.13. The van der Waals surface area contributed by atoms with E-state index in [9.17, 15) is 9.59 Å². The Bertz CT molecular complexity index is 566. The van der Waals surface area contributed by atoms with E-state index in [0.29, 0.717) is 30.2 Å². The van der Waals surface area contributed by atoms with Crippen LogP contribution in [0.15, 0.2) is 28.8 Å². The van der Waals surface area contributed by atoms with E-state index in [2.05, 4.69) is 5.32 Å². The van der Waals surface area contributed by atoms with Crippen molar-refractivity contribution in [2.45, 2.75) is 6.54 Å². The number of pyridine rings is 1. The molecule has 1 aliphatic heterocycles. The minimum absolute atomic E-state index is 0.0811. The highest BCUT2D eigenvalue weighted by molar-refractivity contribution is 5.78. The molecule has 0 saturated heterocycles. The zero-order valence-electron chi connectivity index (χ0n) is 9.40. The molecule has 0 unspecified atom stereocenters. The third-order valence-electron chi connectivity index (χ3n) is 2.53. The number of nitrogens with one attached hydrogen (secondary N) is 1. The standard InChI is InChI=1S/C12H12N2O3/c1-17-7-6-14-5-4-11(16)10-3-2-9(8-15)13-12(10)14/h2-5,13H,6-7H2,1H3. The first kappa shape index (κ1) is 11.4. The van der Waals surface area contributed by atoms with Crippen LogP contribution in [0.5, 0.6) is 0 Å². The van der Waals surface area contributed by atoms with Crippen molar-refractivity contribution >= 4 is 17.8 Å². The van der Waals surface area contributed by atoms with Gasteiger partial charge in [-0.1, -0.05) is 0 Å². The van der Waals surface area contributed by atoms with Crippen molar-refractivity contribution in [3.8, 4) is 0 Å². The van der Waals surface area contributed by atoms with E-state index in [1.807, 2.05) is 4.57 Å². The predicted octanol–water partition coefficient (Wildman–Crippen LogP) is 0.649. The smallest absolute Gasteiger partial charge is 0.190 e. The second kappa shape index (κ2) is 4.82. The molecule has 5 heteroatoms. The molecule has 2 rings (SSSR count). The highest BCUT2D eigenvalue weighted by atomic mass is 16.5. The SMILES string of the molecule is COCCn1ccc(=O)c2c1NC(=C=O)C=C2. The molecule has 88 valence electrons. The van der Waals surface area contributed by atoms with Gasteiger partial charge in [0.15, 0.2) is 11.4 Å². The minimum atomic E-state index is -0.0811. The number of hydrogen-bond donors (Lipinski definition) is 1. The van der Waals surface area contributed by atoms with E-state index >= 15 is 0 Å². The van der Waals surface area contributed by atoms with Gasteiger partial charge in [-0.25, -0.2) is 4.79 Å². The molecular weight excluding hydrogens is 220 g/mol. The molecule has 0 aromatic carbocycles. The Hall–Kier alpha value is -2.10. The fourth-order valence-corrected chi connectivity index (χ4v) is 1.67. The van der Waals surface area contributed by atoms with E-state index in [0.717, 1.165) is 0 Å². The van der Waals surface area contributed by atoms with Gasteiger partial charge in [-0.15, -0.1) is 0 Å². The third kappa shape index (κ3) is 2.20. The van der Waals surface area contributed by atoms with Crippen molar-refractivity contribution in [1.29, 1.82) is 0 Å². The summed E-state index contributed by atoms with van der Waals surface area (Å²) >= 11 is 0. The first-order valence-electron chi connectivity index (χ1n) is 5.19. The van der Waals surface area contributed by atoms with Crippen LogP contribution >= 0.6 is 0 Å². The summed E-state index contributed by atoms with van der Waals surface area (Å²) in [5.41, 5.74) is 0.777. The maximum absolute atomic E-state index is 11.6. The van der Waals surface area contributed by atoms with Gasteiger partial charge in [-0.2, -0.15) is 0 Å². The van der Waals surface area contributed by atoms with Gasteiger partial charge < -0.3 is 14.6 Å². The average molecular weight is 232 g/mol. The zero-order chi connectivity index (χ0) is 12.3. The van der Waals surface area contributed by atoms with E-state index in [-0.39, 0.29) is 5.43 Å². The summed E-state index contributed by atoms with van der Waals surface area (Å²) in [6, 6.07) is 1.50. The van der Waals surface area contributed by atoms with Crippen molar-refractivity contribution in [1.82, 2.24) is 4.57 Å². The van der Waals surface area contributed by atoms with Crippen LogP contribution in [0.2, 0.25) is 0 Å². The molecule has 2 heterocycles. The summed E-state index contributed by atoms with van der Waals surface area (Å²) in [6.07, 6.45) is 4.84. The van der Waals surface area contributed by atoms with Crippen LogP contribution in [0.4, 0.5) is 5.82 Å². The van der Waals surface area contributed by atoms with Gasteiger partial charge in [0.2, 0.25) is 0 Å². The largest absolute Gasteiger partial charge is 0.383 e. The predicted molar refractivity (Wildman–Crippen MR) is 64.4 cm³/mol. The lowest BCUT2D eigenvalue weighted by Gasteiger charge is -2.19. The number of nitrogens with zero attached hydrogens (tertiary/aromatic N) is 1. The van der Waals surface area contributed by atoms with E-state index in [4.69, 9.17) is 4.74 Å². The van der Waals surface area contributed by atoms with Gasteiger partial charge in [-0.05, 0) is 12.2 Å². The van der Waals surface area contributed by atoms with E-state index < -0.39 is 0 Å². The molecule has 0 atom stereocenters. The number of aromatic nitrogens is 1. The maximum atomic E-state index is 11.6. The molecule has 1 N–H and O–H groups in total. The Morgan fingerprint density at radius 2 is 2.29 bits per heavy atom. The molecule has 0 saturated carbocycles. The quantitative estimate of drug-likeness (QED) is 0.777. The van der Waals surface area contributed by atoms with Crippen molar-refractivity contribution in [3.05, 3.63) is 39.8 Å². The average Bonchev–Trinajstić information content (AvgIpc) is 2.37. The second-order valence-corrected chi connectivity index (χ2v) is 3.60. The molecule has 0 spiro atoms. The molecule has 5 nitrogen and oxygen atoms in total. The number of allylic oxidation sites excluding steroid dienone is 1. The minimum Gasteiger partial charge on any atom is -0.383 e. The monoisotopic (exact) mass is 232 g/mol. The van der Waals surface area contributed by atoms with Gasteiger partial charge in [0.1, 0.15) is 11.5 Å². The lowest BCUT2D eigenvalue weighted by Crippen LogP contribution is -2.20. The van der Waals surface area contributed by atoms with Crippen molar-refractivity contribution in [3.63, 3.8) is 0 Å². The molecule has 0 aliphatic carbocycles. The Morgan fingerprint density at radius 1 is 1.47 bits per heavy atom. The van der Waals surface area contributed by atoms with Gasteiger partial charge in [-0.3, -0.25) is 4.79 Å². The number of methoxy groups -OCH3 is 1. The molecule has 0 amide bonds. The van der Waals surface area contributed by atoms with Crippen LogP contribution in [0.3, 0.4) is 0 Å². The van der Waals surface area contributed by atoms with Gasteiger partial charge in [0, 0.05) is 25.9 Å². The Kier molecular flexibility index (Phi) is 3.23. The zero-order valence-corrected chi connectivity index (χ0v) is 9.40. The van der Waals surface area contributed by atoms with Crippen LogP contribution in [0.25, 0.3) is 6.08 Å². The van der Waals surface area contributed by atoms with Gasteiger partial charge in [0.05, 0.1) is 12.2 Å². The molecular formula is C12H12N2O3. The van der Waals surface area contributed by atoms with E-state index in [1.165, 1.54) is 12.1 Å². The van der Waals surface area contributed by atoms with Crippen LogP contribution in [0, 0.1) is 0 Å². The number of rotatable bonds is 3. The summed E-state index contributed by atoms with van der Waals surface area (Å²) in [7, 11) is 1.61. The Balaban J connectivity index is 2.48. The molecule has 1 aliphatic rings. The van der Waals surface area contributed by atoms with Crippen molar-refractivity contribution < 1.29 is 9.53 Å². The molecule has 0 bridgehead atoms. The van der Waals surface area contributed by atoms with Crippen molar-refractivity contribution in [2.75, 3.05) is 19.0 Å². The molecule has 0 fully saturated rings. The van der Waals surface area contributed by atoms with Gasteiger partial charge >= 0.3 is 0 Å². The normalized spacial score (nSPS) is 12.9. The summed E-state index contributed by atoms with van der Waals surface area (Å²) < 4.78 is 6.83. The molecule has 0 radical (unpaired) electrons. The van der Waals surface area contributed by atoms with Crippen LogP contribution < -0.4 is 10.7 Å². The first-order valence-corrected chi connectivity index (χ1v) is 5.19. The Labute approximate surface area is 98.0 Å². The summed E-state index contributed by atoms with van der Waals surface area (Å²) in [6.45, 7) is 1.13. The number of anilines is 1. The first-order chi connectivity index (χ1) is 8.26. The third-order valence-corrected chi connectivity index (χ3v) is 2.53. The number of hydrogen-bond acceptors (Lipinski definition) is 4. The van der Waals surface area contributed by atoms with Crippen LogP contribution in [-0.4, -0.2) is 24.2 Å². The summed E-state index contributed by atoms with van der Waals surface area (Å²) in [4.78, 5) is 22.2. The molecule has 1 aromatic heterocycles. The number of carbonyl (C=O) groups excluding carboxylic acids is 1. The Morgan fingerprint density at radius 3 is 3.00 bits per heavy atom. The summed E-state index contributed by atoms with van der Waals surface area (Å²) in [5.74, 6) is 2.38. The van der Waals surface area contributed by atoms with Gasteiger partial charge in [0.25, 0.3) is 0 Å². The van der Waals surface area contributed by atoms with E-state index in [1.54, 1.807) is 25.3 Å². The van der Waals surface area contributed by atoms with Crippen LogP contribution in [-0.2, 0) is 16.1 Å². The second-order valence-electron chi connectivity index (χ2n) is 3.60. The number of ether oxygens (including phenoxy) is 1. The lowest BCUT2D eigenvalue weighted by molar-refractivity contribution is 0.187. The lowest BCUT2D eigenvalue weighted by atomic mass is 10.1. The molecule has 1 aromatic rings. The maximum Gasteiger partial charge on any atom is 0.190 e. The summed E-state index contributed by atoms with van der Waals surface area (Å²) in [5, 5.41) is 2.88. The van der Waals surface area contributed by atoms with Crippen LogP contribution in [0.1, 0.15) is 5.56 Å². The fourth-order valence-electron chi connectivity index (χ4n) is 1.67.